The third kappa shape index (κ3) is 2.99. The molecule has 0 unspecified atom stereocenters. The Bertz CT molecular complexity index is 568. The summed E-state index contributed by atoms with van der Waals surface area (Å²) in [5.41, 5.74) is 1.33. The molecule has 0 saturated carbocycles. The van der Waals surface area contributed by atoms with Gasteiger partial charge in [-0.1, -0.05) is 6.07 Å². The molecule has 1 amide bonds. The van der Waals surface area contributed by atoms with Gasteiger partial charge < -0.3 is 10.1 Å². The van der Waals surface area contributed by atoms with Gasteiger partial charge in [0.25, 0.3) is 5.91 Å². The molecule has 2 rings (SSSR count). The van der Waals surface area contributed by atoms with E-state index in [0.29, 0.717) is 11.4 Å². The van der Waals surface area contributed by atoms with E-state index in [1.807, 2.05) is 0 Å². The normalized spacial score (nSPS) is 14.6. The first-order valence-corrected chi connectivity index (χ1v) is 7.18. The molecule has 0 bridgehead atoms. The summed E-state index contributed by atoms with van der Waals surface area (Å²) in [6.45, 7) is 1.78. The lowest BCUT2D eigenvalue weighted by Crippen LogP contribution is -2.26. The number of rotatable bonds is 4. The van der Waals surface area contributed by atoms with Crippen molar-refractivity contribution in [2.24, 2.45) is 0 Å². The lowest BCUT2D eigenvalue weighted by atomic mass is 10.1. The summed E-state index contributed by atoms with van der Waals surface area (Å²) in [6.07, 6.45) is 0. The molecule has 0 aliphatic carbocycles. The maximum atomic E-state index is 11.3. The van der Waals surface area contributed by atoms with Gasteiger partial charge in [0.1, 0.15) is 5.75 Å². The molecule has 1 aromatic carbocycles. The van der Waals surface area contributed by atoms with Crippen LogP contribution in [0.2, 0.25) is 0 Å². The van der Waals surface area contributed by atoms with Gasteiger partial charge >= 0.3 is 0 Å². The quantitative estimate of drug-likeness (QED) is 0.832. The molecule has 0 fully saturated rings. The number of nitrogens with one attached hydrogen (secondary N) is 2. The van der Waals surface area contributed by atoms with Crippen LogP contribution < -0.4 is 14.8 Å². The van der Waals surface area contributed by atoms with Crippen LogP contribution in [0, 0.1) is 0 Å². The molecule has 6 nitrogen and oxygen atoms in total. The molecule has 0 saturated heterocycles. The van der Waals surface area contributed by atoms with Crippen molar-refractivity contribution >= 4 is 21.6 Å². The lowest BCUT2D eigenvalue weighted by Gasteiger charge is -2.18. The van der Waals surface area contributed by atoms with Gasteiger partial charge in [0.15, 0.2) is 6.61 Å². The van der Waals surface area contributed by atoms with E-state index in [2.05, 4.69) is 10.0 Å². The molecule has 0 radical (unpaired) electrons. The lowest BCUT2D eigenvalue weighted by molar-refractivity contribution is -0.118. The van der Waals surface area contributed by atoms with E-state index in [0.717, 1.165) is 5.56 Å². The number of carbonyl (C=O) groups excluding carboxylic acids is 1. The van der Waals surface area contributed by atoms with Gasteiger partial charge in [-0.25, -0.2) is 13.1 Å². The molecular formula is C11H14N2O4S. The monoisotopic (exact) mass is 270 g/mol. The number of ether oxygens (including phenoxy) is 1. The number of sulfonamides is 1. The van der Waals surface area contributed by atoms with Gasteiger partial charge in [-0.05, 0) is 24.6 Å². The second-order valence-electron chi connectivity index (χ2n) is 3.89. The van der Waals surface area contributed by atoms with E-state index in [4.69, 9.17) is 4.74 Å². The second kappa shape index (κ2) is 4.95. The van der Waals surface area contributed by atoms with Crippen molar-refractivity contribution in [3.8, 4) is 5.75 Å². The standard InChI is InChI=1S/C11H14N2O4S/c1-2-18(15,16)12-6-8-3-4-10-9(5-8)13-11(14)7-17-10/h3-5,12H,2,6-7H2,1H3,(H,13,14). The largest absolute Gasteiger partial charge is 0.482 e. The van der Waals surface area contributed by atoms with Crippen molar-refractivity contribution in [3.63, 3.8) is 0 Å². The summed E-state index contributed by atoms with van der Waals surface area (Å²) in [4.78, 5) is 11.2. The summed E-state index contributed by atoms with van der Waals surface area (Å²) < 4.78 is 30.3. The highest BCUT2D eigenvalue weighted by Gasteiger charge is 2.16. The van der Waals surface area contributed by atoms with Crippen LogP contribution >= 0.6 is 0 Å². The van der Waals surface area contributed by atoms with E-state index in [-0.39, 0.29) is 24.8 Å². The first-order valence-electron chi connectivity index (χ1n) is 5.53. The fourth-order valence-corrected chi connectivity index (χ4v) is 2.13. The van der Waals surface area contributed by atoms with Crippen molar-refractivity contribution in [2.75, 3.05) is 17.7 Å². The molecule has 0 atom stereocenters. The molecule has 1 heterocycles. The van der Waals surface area contributed by atoms with Crippen molar-refractivity contribution in [1.82, 2.24) is 4.72 Å². The maximum absolute atomic E-state index is 11.3. The Balaban J connectivity index is 2.12. The van der Waals surface area contributed by atoms with E-state index in [1.165, 1.54) is 0 Å². The van der Waals surface area contributed by atoms with E-state index in [1.54, 1.807) is 25.1 Å². The third-order valence-electron chi connectivity index (χ3n) is 2.55. The van der Waals surface area contributed by atoms with Crippen LogP contribution in [0.4, 0.5) is 5.69 Å². The Morgan fingerprint density at radius 2 is 2.22 bits per heavy atom. The molecule has 1 aliphatic heterocycles. The summed E-state index contributed by atoms with van der Waals surface area (Å²) in [7, 11) is -3.22. The SMILES string of the molecule is CCS(=O)(=O)NCc1ccc2c(c1)NC(=O)CO2. The van der Waals surface area contributed by atoms with Gasteiger partial charge in [0.2, 0.25) is 10.0 Å². The number of anilines is 1. The number of amides is 1. The molecule has 7 heteroatoms. The highest BCUT2D eigenvalue weighted by atomic mass is 32.2. The summed E-state index contributed by atoms with van der Waals surface area (Å²) in [5, 5.41) is 2.67. The molecular weight excluding hydrogens is 256 g/mol. The molecule has 98 valence electrons. The maximum Gasteiger partial charge on any atom is 0.262 e. The van der Waals surface area contributed by atoms with Crippen LogP contribution in [0.5, 0.6) is 5.75 Å². The number of benzene rings is 1. The summed E-state index contributed by atoms with van der Waals surface area (Å²) >= 11 is 0. The average molecular weight is 270 g/mol. The van der Waals surface area contributed by atoms with Crippen LogP contribution in [-0.4, -0.2) is 26.7 Å². The Morgan fingerprint density at radius 3 is 2.94 bits per heavy atom. The molecule has 18 heavy (non-hydrogen) atoms. The Hall–Kier alpha value is -1.60. The van der Waals surface area contributed by atoms with Gasteiger partial charge in [0, 0.05) is 6.54 Å². The predicted molar refractivity (Wildman–Crippen MR) is 66.9 cm³/mol. The number of hydrogen-bond donors (Lipinski definition) is 2. The topological polar surface area (TPSA) is 84.5 Å². The fraction of sp³-hybridized carbons (Fsp3) is 0.364. The van der Waals surface area contributed by atoms with Gasteiger partial charge in [-0.15, -0.1) is 0 Å². The van der Waals surface area contributed by atoms with Crippen molar-refractivity contribution in [1.29, 1.82) is 0 Å². The molecule has 2 N–H and O–H groups in total. The predicted octanol–water partition coefficient (Wildman–Crippen LogP) is 0.457. The molecule has 0 aromatic heterocycles. The van der Waals surface area contributed by atoms with Gasteiger partial charge in [-0.2, -0.15) is 0 Å². The highest BCUT2D eigenvalue weighted by Crippen LogP contribution is 2.28. The van der Waals surface area contributed by atoms with E-state index >= 15 is 0 Å². The smallest absolute Gasteiger partial charge is 0.262 e. The molecule has 1 aromatic rings. The van der Waals surface area contributed by atoms with Gasteiger partial charge in [-0.3, -0.25) is 4.79 Å². The van der Waals surface area contributed by atoms with Crippen molar-refractivity contribution < 1.29 is 17.9 Å². The van der Waals surface area contributed by atoms with Crippen LogP contribution in [0.25, 0.3) is 0 Å². The zero-order valence-corrected chi connectivity index (χ0v) is 10.7. The minimum Gasteiger partial charge on any atom is -0.482 e. The summed E-state index contributed by atoms with van der Waals surface area (Å²) in [5.74, 6) is 0.420. The zero-order valence-electron chi connectivity index (χ0n) is 9.89. The first-order chi connectivity index (χ1) is 8.50. The van der Waals surface area contributed by atoms with Crippen LogP contribution in [0.1, 0.15) is 12.5 Å². The Kier molecular flexibility index (Phi) is 3.53. The van der Waals surface area contributed by atoms with Crippen LogP contribution in [0.15, 0.2) is 18.2 Å². The highest BCUT2D eigenvalue weighted by molar-refractivity contribution is 7.89. The van der Waals surface area contributed by atoms with E-state index in [9.17, 15) is 13.2 Å². The molecule has 1 aliphatic rings. The fourth-order valence-electron chi connectivity index (χ4n) is 1.54. The second-order valence-corrected chi connectivity index (χ2v) is 5.99. The first kappa shape index (κ1) is 12.8. The number of hydrogen-bond acceptors (Lipinski definition) is 4. The number of fused-ring (bicyclic) bond motifs is 1. The molecule has 0 spiro atoms. The minimum atomic E-state index is -3.22. The van der Waals surface area contributed by atoms with E-state index < -0.39 is 10.0 Å². The Morgan fingerprint density at radius 1 is 1.44 bits per heavy atom. The Labute approximate surface area is 105 Å². The third-order valence-corrected chi connectivity index (χ3v) is 3.90. The minimum absolute atomic E-state index is 0.00874. The van der Waals surface area contributed by atoms with Crippen molar-refractivity contribution in [3.05, 3.63) is 23.8 Å². The zero-order chi connectivity index (χ0) is 13.2. The number of carbonyl (C=O) groups is 1. The van der Waals surface area contributed by atoms with Crippen LogP contribution in [0.3, 0.4) is 0 Å². The van der Waals surface area contributed by atoms with Crippen molar-refractivity contribution in [2.45, 2.75) is 13.5 Å². The average Bonchev–Trinajstić information content (AvgIpc) is 2.36. The van der Waals surface area contributed by atoms with Gasteiger partial charge in [0.05, 0.1) is 11.4 Å². The van der Waals surface area contributed by atoms with Crippen LogP contribution in [-0.2, 0) is 21.4 Å². The summed E-state index contributed by atoms with van der Waals surface area (Å²) in [6, 6.07) is 5.17.